The summed E-state index contributed by atoms with van der Waals surface area (Å²) in [5.74, 6) is -0.551. The number of nitrogens with one attached hydrogen (secondary N) is 2. The highest BCUT2D eigenvalue weighted by atomic mass is 35.5. The second-order valence-corrected chi connectivity index (χ2v) is 2.56. The number of carbonyl (C=O) groups is 1. The number of carbonyl (C=O) groups excluding carboxylic acids is 1. The summed E-state index contributed by atoms with van der Waals surface area (Å²) in [5.41, 5.74) is 0. The predicted molar refractivity (Wildman–Crippen MR) is 51.1 cm³/mol. The SMILES string of the molecule is CNCCNC(=O)COCC(F)(F)F.Cl. The highest BCUT2D eigenvalue weighted by Crippen LogP contribution is 2.13. The molecule has 15 heavy (non-hydrogen) atoms. The monoisotopic (exact) mass is 250 g/mol. The van der Waals surface area contributed by atoms with E-state index in [1.807, 2.05) is 0 Å². The summed E-state index contributed by atoms with van der Waals surface area (Å²) in [6.45, 7) is -1.04. The molecule has 0 aliphatic carbocycles. The Bertz CT molecular complexity index is 178. The van der Waals surface area contributed by atoms with Crippen molar-refractivity contribution in [2.24, 2.45) is 0 Å². The molecule has 0 bridgehead atoms. The first-order valence-electron chi connectivity index (χ1n) is 4.01. The van der Waals surface area contributed by atoms with E-state index in [0.717, 1.165) is 0 Å². The van der Waals surface area contributed by atoms with Gasteiger partial charge in [-0.05, 0) is 7.05 Å². The average Bonchev–Trinajstić information content (AvgIpc) is 2.02. The van der Waals surface area contributed by atoms with Gasteiger partial charge in [-0.2, -0.15) is 13.2 Å². The molecule has 0 spiro atoms. The molecule has 4 nitrogen and oxygen atoms in total. The molecule has 8 heteroatoms. The Hall–Kier alpha value is -0.530. The van der Waals surface area contributed by atoms with Crippen LogP contribution in [0.15, 0.2) is 0 Å². The Morgan fingerprint density at radius 2 is 1.93 bits per heavy atom. The van der Waals surface area contributed by atoms with Crippen LogP contribution in [-0.2, 0) is 9.53 Å². The van der Waals surface area contributed by atoms with Crippen LogP contribution in [0.25, 0.3) is 0 Å². The van der Waals surface area contributed by atoms with E-state index in [4.69, 9.17) is 0 Å². The highest BCUT2D eigenvalue weighted by Gasteiger charge is 2.27. The maximum Gasteiger partial charge on any atom is 0.411 e. The summed E-state index contributed by atoms with van der Waals surface area (Å²) in [4.78, 5) is 10.8. The Balaban J connectivity index is 0. The molecule has 0 saturated carbocycles. The Morgan fingerprint density at radius 3 is 2.40 bits per heavy atom. The fourth-order valence-electron chi connectivity index (χ4n) is 0.637. The maximum atomic E-state index is 11.5. The standard InChI is InChI=1S/C7H13F3N2O2.ClH/c1-11-2-3-12-6(13)4-14-5-7(8,9)10;/h11H,2-5H2,1H3,(H,12,13);1H. The van der Waals surface area contributed by atoms with Gasteiger partial charge >= 0.3 is 6.18 Å². The minimum absolute atomic E-state index is 0. The van der Waals surface area contributed by atoms with Gasteiger partial charge in [0.05, 0.1) is 0 Å². The third-order valence-electron chi connectivity index (χ3n) is 1.20. The van der Waals surface area contributed by atoms with Crippen LogP contribution in [0, 0.1) is 0 Å². The predicted octanol–water partition coefficient (Wildman–Crippen LogP) is 0.323. The third-order valence-corrected chi connectivity index (χ3v) is 1.20. The first kappa shape index (κ1) is 16.9. The van der Waals surface area contributed by atoms with Crippen LogP contribution in [0.5, 0.6) is 0 Å². The van der Waals surface area contributed by atoms with Crippen LogP contribution in [-0.4, -0.2) is 45.4 Å². The molecule has 0 heterocycles. The average molecular weight is 251 g/mol. The van der Waals surface area contributed by atoms with Gasteiger partial charge in [0.1, 0.15) is 13.2 Å². The summed E-state index contributed by atoms with van der Waals surface area (Å²) in [5, 5.41) is 5.14. The number of likely N-dealkylation sites (N-methyl/N-ethyl adjacent to an activating group) is 1. The lowest BCUT2D eigenvalue weighted by Gasteiger charge is -2.07. The largest absolute Gasteiger partial charge is 0.411 e. The molecule has 0 fully saturated rings. The van der Waals surface area contributed by atoms with Gasteiger partial charge in [0.2, 0.25) is 5.91 Å². The van der Waals surface area contributed by atoms with Crippen molar-refractivity contribution >= 4 is 18.3 Å². The number of hydrogen-bond acceptors (Lipinski definition) is 3. The smallest absolute Gasteiger partial charge is 0.362 e. The van der Waals surface area contributed by atoms with Crippen molar-refractivity contribution in [2.45, 2.75) is 6.18 Å². The molecule has 0 aromatic rings. The van der Waals surface area contributed by atoms with E-state index in [9.17, 15) is 18.0 Å². The summed E-state index contributed by atoms with van der Waals surface area (Å²) < 4.78 is 38.8. The minimum atomic E-state index is -4.38. The zero-order valence-corrected chi connectivity index (χ0v) is 9.00. The summed E-state index contributed by atoms with van der Waals surface area (Å²) >= 11 is 0. The van der Waals surface area contributed by atoms with Crippen molar-refractivity contribution in [1.29, 1.82) is 0 Å². The molecule has 0 aromatic carbocycles. The lowest BCUT2D eigenvalue weighted by Crippen LogP contribution is -2.34. The first-order chi connectivity index (χ1) is 6.45. The fourth-order valence-corrected chi connectivity index (χ4v) is 0.637. The van der Waals surface area contributed by atoms with E-state index in [1.54, 1.807) is 7.05 Å². The van der Waals surface area contributed by atoms with Crippen LogP contribution in [0.1, 0.15) is 0 Å². The van der Waals surface area contributed by atoms with Crippen LogP contribution in [0.3, 0.4) is 0 Å². The molecule has 0 aliphatic heterocycles. The molecule has 0 rings (SSSR count). The molecule has 0 atom stereocenters. The second-order valence-electron chi connectivity index (χ2n) is 2.56. The van der Waals surface area contributed by atoms with Crippen LogP contribution < -0.4 is 10.6 Å². The Labute approximate surface area is 92.0 Å². The fraction of sp³-hybridized carbons (Fsp3) is 0.857. The molecule has 0 unspecified atom stereocenters. The second kappa shape index (κ2) is 8.75. The van der Waals surface area contributed by atoms with E-state index in [1.165, 1.54) is 0 Å². The van der Waals surface area contributed by atoms with Gasteiger partial charge in [0.25, 0.3) is 0 Å². The Kier molecular flexibility index (Phi) is 9.85. The van der Waals surface area contributed by atoms with E-state index in [-0.39, 0.29) is 12.4 Å². The van der Waals surface area contributed by atoms with Gasteiger partial charge in [0, 0.05) is 13.1 Å². The number of halogens is 4. The van der Waals surface area contributed by atoms with Crippen molar-refractivity contribution < 1.29 is 22.7 Å². The van der Waals surface area contributed by atoms with E-state index in [0.29, 0.717) is 13.1 Å². The van der Waals surface area contributed by atoms with Crippen molar-refractivity contribution in [3.05, 3.63) is 0 Å². The van der Waals surface area contributed by atoms with Crippen molar-refractivity contribution in [2.75, 3.05) is 33.4 Å². The molecule has 2 N–H and O–H groups in total. The number of hydrogen-bond donors (Lipinski definition) is 2. The van der Waals surface area contributed by atoms with Crippen LogP contribution in [0.4, 0.5) is 13.2 Å². The van der Waals surface area contributed by atoms with Gasteiger partial charge in [-0.15, -0.1) is 12.4 Å². The number of amides is 1. The Morgan fingerprint density at radius 1 is 1.33 bits per heavy atom. The zero-order valence-electron chi connectivity index (χ0n) is 8.19. The molecule has 0 saturated heterocycles. The minimum Gasteiger partial charge on any atom is -0.362 e. The molecule has 0 radical (unpaired) electrons. The molecule has 92 valence electrons. The highest BCUT2D eigenvalue weighted by molar-refractivity contribution is 5.85. The van der Waals surface area contributed by atoms with Crippen LogP contribution >= 0.6 is 12.4 Å². The molecular formula is C7H14ClF3N2O2. The van der Waals surface area contributed by atoms with Gasteiger partial charge in [-0.3, -0.25) is 4.79 Å². The van der Waals surface area contributed by atoms with Gasteiger partial charge < -0.3 is 15.4 Å². The summed E-state index contributed by atoms with van der Waals surface area (Å²) in [7, 11) is 1.70. The van der Waals surface area contributed by atoms with Gasteiger partial charge in [-0.25, -0.2) is 0 Å². The van der Waals surface area contributed by atoms with E-state index >= 15 is 0 Å². The zero-order chi connectivity index (χ0) is 11.0. The number of alkyl halides is 3. The van der Waals surface area contributed by atoms with E-state index < -0.39 is 25.3 Å². The van der Waals surface area contributed by atoms with Crippen LogP contribution in [0.2, 0.25) is 0 Å². The topological polar surface area (TPSA) is 50.4 Å². The molecular weight excluding hydrogens is 237 g/mol. The van der Waals surface area contributed by atoms with Crippen molar-refractivity contribution in [3.63, 3.8) is 0 Å². The van der Waals surface area contributed by atoms with Gasteiger partial charge in [-0.1, -0.05) is 0 Å². The summed E-state index contributed by atoms with van der Waals surface area (Å²) in [6, 6.07) is 0. The number of rotatable bonds is 6. The van der Waals surface area contributed by atoms with E-state index in [2.05, 4.69) is 15.4 Å². The lowest BCUT2D eigenvalue weighted by molar-refractivity contribution is -0.175. The molecule has 0 aliphatic rings. The maximum absolute atomic E-state index is 11.5. The normalized spacial score (nSPS) is 10.7. The lowest BCUT2D eigenvalue weighted by atomic mass is 10.5. The van der Waals surface area contributed by atoms with Gasteiger partial charge in [0.15, 0.2) is 0 Å². The molecule has 1 amide bonds. The van der Waals surface area contributed by atoms with Crippen molar-refractivity contribution in [1.82, 2.24) is 10.6 Å². The third kappa shape index (κ3) is 13.5. The first-order valence-corrected chi connectivity index (χ1v) is 4.01. The van der Waals surface area contributed by atoms with Crippen molar-refractivity contribution in [3.8, 4) is 0 Å². The molecule has 0 aromatic heterocycles. The quantitative estimate of drug-likeness (QED) is 0.668. The number of ether oxygens (including phenoxy) is 1. The summed E-state index contributed by atoms with van der Waals surface area (Å²) in [6.07, 6.45) is -4.38.